The first-order valence-electron chi connectivity index (χ1n) is 5.98. The normalized spacial score (nSPS) is 16.3. The Bertz CT molecular complexity index is 358. The highest BCUT2D eigenvalue weighted by atomic mass is 16.3. The maximum atomic E-state index is 9.15. The Kier molecular flexibility index (Phi) is 3.63. The van der Waals surface area contributed by atoms with Crippen LogP contribution in [0.4, 0.5) is 17.6 Å². The molecule has 0 saturated heterocycles. The smallest absolute Gasteiger partial charge is 0.223 e. The Balaban J connectivity index is 2.24. The number of hydrogen-bond donors (Lipinski definition) is 3. The summed E-state index contributed by atoms with van der Waals surface area (Å²) in [5.74, 6) is 1.27. The van der Waals surface area contributed by atoms with Gasteiger partial charge < -0.3 is 21.5 Å². The van der Waals surface area contributed by atoms with Gasteiger partial charge in [-0.25, -0.2) is 0 Å². The summed E-state index contributed by atoms with van der Waals surface area (Å²) in [7, 11) is 0. The van der Waals surface area contributed by atoms with Crippen LogP contribution < -0.4 is 16.4 Å². The van der Waals surface area contributed by atoms with Crippen LogP contribution in [0.2, 0.25) is 0 Å². The van der Waals surface area contributed by atoms with Crippen LogP contribution in [0.5, 0.6) is 0 Å². The zero-order valence-electron chi connectivity index (χ0n) is 9.84. The van der Waals surface area contributed by atoms with Gasteiger partial charge in [0.1, 0.15) is 11.6 Å². The van der Waals surface area contributed by atoms with Crippen molar-refractivity contribution in [1.29, 1.82) is 0 Å². The fourth-order valence-corrected chi connectivity index (χ4v) is 2.43. The molecule has 0 aliphatic heterocycles. The molecule has 5 N–H and O–H groups in total. The number of aliphatic hydroxyl groups excluding tert-OH is 1. The highest BCUT2D eigenvalue weighted by Gasteiger charge is 2.23. The monoisotopic (exact) mass is 237 g/mol. The Morgan fingerprint density at radius 3 is 2.59 bits per heavy atom. The van der Waals surface area contributed by atoms with Gasteiger partial charge in [-0.1, -0.05) is 12.8 Å². The zero-order chi connectivity index (χ0) is 12.3. The molecule has 6 heteroatoms. The molecule has 1 aromatic heterocycles. The molecular weight excluding hydrogens is 218 g/mol. The SMILES string of the molecule is Nc1cc(N(CCO)C2CCCC2)nc(N)n1. The maximum absolute atomic E-state index is 9.15. The Hall–Kier alpha value is -1.56. The standard InChI is InChI=1S/C11H19N5O/c12-9-7-10(15-11(13)14-9)16(5-6-17)8-3-1-2-4-8/h7-8,17H,1-6H2,(H4,12,13,14,15). The van der Waals surface area contributed by atoms with Crippen LogP contribution in [0.25, 0.3) is 0 Å². The lowest BCUT2D eigenvalue weighted by Crippen LogP contribution is -2.36. The van der Waals surface area contributed by atoms with E-state index >= 15 is 0 Å². The molecule has 1 saturated carbocycles. The molecular formula is C11H19N5O. The van der Waals surface area contributed by atoms with Crippen molar-refractivity contribution in [3.8, 4) is 0 Å². The van der Waals surface area contributed by atoms with Crippen LogP contribution in [0, 0.1) is 0 Å². The minimum Gasteiger partial charge on any atom is -0.395 e. The van der Waals surface area contributed by atoms with Crippen molar-refractivity contribution in [2.75, 3.05) is 29.5 Å². The van der Waals surface area contributed by atoms with Crippen LogP contribution >= 0.6 is 0 Å². The number of hydrogen-bond acceptors (Lipinski definition) is 6. The second kappa shape index (κ2) is 5.18. The lowest BCUT2D eigenvalue weighted by molar-refractivity contribution is 0.297. The summed E-state index contributed by atoms with van der Waals surface area (Å²) in [5, 5.41) is 9.15. The molecule has 0 unspecified atom stereocenters. The first kappa shape index (κ1) is 11.9. The molecule has 0 aromatic carbocycles. The van der Waals surface area contributed by atoms with Crippen LogP contribution in [-0.2, 0) is 0 Å². The molecule has 1 aromatic rings. The molecule has 2 rings (SSSR count). The van der Waals surface area contributed by atoms with Gasteiger partial charge in [-0.3, -0.25) is 0 Å². The van der Waals surface area contributed by atoms with Gasteiger partial charge in [-0.15, -0.1) is 0 Å². The van der Waals surface area contributed by atoms with Crippen LogP contribution in [0.15, 0.2) is 6.07 Å². The molecule has 1 fully saturated rings. The van der Waals surface area contributed by atoms with Crippen LogP contribution in [0.3, 0.4) is 0 Å². The second-order valence-electron chi connectivity index (χ2n) is 4.36. The number of aromatic nitrogens is 2. The molecule has 1 heterocycles. The van der Waals surface area contributed by atoms with Gasteiger partial charge in [-0.05, 0) is 12.8 Å². The quantitative estimate of drug-likeness (QED) is 0.700. The summed E-state index contributed by atoms with van der Waals surface area (Å²) in [6.07, 6.45) is 4.71. The number of nitrogens with two attached hydrogens (primary N) is 2. The molecule has 0 atom stereocenters. The van der Waals surface area contributed by atoms with Gasteiger partial charge in [0.25, 0.3) is 0 Å². The molecule has 0 amide bonds. The third kappa shape index (κ3) is 2.76. The molecule has 0 bridgehead atoms. The van der Waals surface area contributed by atoms with Crippen LogP contribution in [-0.4, -0.2) is 34.3 Å². The van der Waals surface area contributed by atoms with E-state index in [1.165, 1.54) is 12.8 Å². The van der Waals surface area contributed by atoms with Crippen molar-refractivity contribution in [2.24, 2.45) is 0 Å². The molecule has 94 valence electrons. The van der Waals surface area contributed by atoms with Crippen molar-refractivity contribution < 1.29 is 5.11 Å². The van der Waals surface area contributed by atoms with Crippen molar-refractivity contribution in [1.82, 2.24) is 9.97 Å². The van der Waals surface area contributed by atoms with E-state index in [9.17, 15) is 0 Å². The predicted octanol–water partition coefficient (Wildman–Crippen LogP) is 0.382. The lowest BCUT2D eigenvalue weighted by Gasteiger charge is -2.29. The largest absolute Gasteiger partial charge is 0.395 e. The molecule has 1 aliphatic rings. The first-order chi connectivity index (χ1) is 8.20. The van der Waals surface area contributed by atoms with Gasteiger partial charge in [0.15, 0.2) is 0 Å². The Morgan fingerprint density at radius 2 is 2.00 bits per heavy atom. The Labute approximate surface area is 101 Å². The van der Waals surface area contributed by atoms with Crippen molar-refractivity contribution in [3.63, 3.8) is 0 Å². The maximum Gasteiger partial charge on any atom is 0.223 e. The van der Waals surface area contributed by atoms with Gasteiger partial charge in [0.05, 0.1) is 6.61 Å². The molecule has 6 nitrogen and oxygen atoms in total. The zero-order valence-corrected chi connectivity index (χ0v) is 9.84. The fraction of sp³-hybridized carbons (Fsp3) is 0.636. The van der Waals surface area contributed by atoms with Gasteiger partial charge in [-0.2, -0.15) is 9.97 Å². The van der Waals surface area contributed by atoms with Gasteiger partial charge >= 0.3 is 0 Å². The lowest BCUT2D eigenvalue weighted by atomic mass is 10.2. The highest BCUT2D eigenvalue weighted by molar-refractivity contribution is 5.51. The predicted molar refractivity (Wildman–Crippen MR) is 67.5 cm³/mol. The topological polar surface area (TPSA) is 101 Å². The van der Waals surface area contributed by atoms with Crippen molar-refractivity contribution >= 4 is 17.6 Å². The fourth-order valence-electron chi connectivity index (χ4n) is 2.43. The van der Waals surface area contributed by atoms with E-state index in [4.69, 9.17) is 16.6 Å². The van der Waals surface area contributed by atoms with E-state index in [2.05, 4.69) is 14.9 Å². The second-order valence-corrected chi connectivity index (χ2v) is 4.36. The van der Waals surface area contributed by atoms with Crippen molar-refractivity contribution in [3.05, 3.63) is 6.07 Å². The van der Waals surface area contributed by atoms with Gasteiger partial charge in [0.2, 0.25) is 5.95 Å². The van der Waals surface area contributed by atoms with E-state index < -0.39 is 0 Å². The summed E-state index contributed by atoms with van der Waals surface area (Å²) in [5.41, 5.74) is 11.3. The third-order valence-electron chi connectivity index (χ3n) is 3.15. The van der Waals surface area contributed by atoms with E-state index in [0.29, 0.717) is 18.4 Å². The number of anilines is 3. The number of nitrogen functional groups attached to an aromatic ring is 2. The van der Waals surface area contributed by atoms with Crippen LogP contribution in [0.1, 0.15) is 25.7 Å². The van der Waals surface area contributed by atoms with Crippen molar-refractivity contribution in [2.45, 2.75) is 31.7 Å². The summed E-state index contributed by atoms with van der Waals surface area (Å²) < 4.78 is 0. The number of nitrogens with zero attached hydrogens (tertiary/aromatic N) is 3. The molecule has 0 spiro atoms. The third-order valence-corrected chi connectivity index (χ3v) is 3.15. The average Bonchev–Trinajstić information content (AvgIpc) is 2.77. The summed E-state index contributed by atoms with van der Waals surface area (Å²) in [4.78, 5) is 10.1. The van der Waals surface area contributed by atoms with E-state index in [0.717, 1.165) is 18.7 Å². The molecule has 0 radical (unpaired) electrons. The summed E-state index contributed by atoms with van der Waals surface area (Å²) >= 11 is 0. The van der Waals surface area contributed by atoms with E-state index in [-0.39, 0.29) is 12.6 Å². The number of rotatable bonds is 4. The van der Waals surface area contributed by atoms with E-state index in [1.807, 2.05) is 0 Å². The van der Waals surface area contributed by atoms with Gasteiger partial charge in [0, 0.05) is 18.7 Å². The minimum atomic E-state index is 0.0975. The minimum absolute atomic E-state index is 0.0975. The summed E-state index contributed by atoms with van der Waals surface area (Å²) in [6.45, 7) is 0.654. The molecule has 1 aliphatic carbocycles. The number of aliphatic hydroxyl groups is 1. The Morgan fingerprint density at radius 1 is 1.29 bits per heavy atom. The summed E-state index contributed by atoms with van der Waals surface area (Å²) in [6, 6.07) is 2.14. The molecule has 17 heavy (non-hydrogen) atoms. The average molecular weight is 237 g/mol. The highest BCUT2D eigenvalue weighted by Crippen LogP contribution is 2.27. The first-order valence-corrected chi connectivity index (χ1v) is 5.98. The van der Waals surface area contributed by atoms with E-state index in [1.54, 1.807) is 6.07 Å².